The smallest absolute Gasteiger partial charge is 0.307 e. The first kappa shape index (κ1) is 32.3. The highest BCUT2D eigenvalue weighted by molar-refractivity contribution is 7.91. The monoisotopic (exact) mass is 771 g/mol. The Labute approximate surface area is 327 Å². The zero-order valence-corrected chi connectivity index (χ0v) is 32.4. The number of carbonyl (C=O) groups excluding carboxylic acids is 4. The number of nitrogens with zero attached hydrogens (tertiary/aromatic N) is 2. The van der Waals surface area contributed by atoms with Crippen molar-refractivity contribution >= 4 is 44.4 Å². The lowest BCUT2D eigenvalue weighted by molar-refractivity contribution is -0.160. The van der Waals surface area contributed by atoms with E-state index in [0.29, 0.717) is 43.2 Å². The Bertz CT molecular complexity index is 2140. The molecule has 2 aliphatic heterocycles. The third kappa shape index (κ3) is 8.45. The topological polar surface area (TPSA) is 158 Å². The number of hydrogen-bond acceptors (Lipinski definition) is 10. The van der Waals surface area contributed by atoms with Gasteiger partial charge in [0.25, 0.3) is 0 Å². The van der Waals surface area contributed by atoms with Gasteiger partial charge in [-0.05, 0) is 113 Å². The molecule has 6 rings (SSSR count). The maximum atomic E-state index is 15.0. The van der Waals surface area contributed by atoms with Gasteiger partial charge >= 0.3 is 5.97 Å². The fourth-order valence-electron chi connectivity index (χ4n) is 8.04. The van der Waals surface area contributed by atoms with E-state index in [1.165, 1.54) is 4.90 Å². The van der Waals surface area contributed by atoms with Crippen molar-refractivity contribution in [1.29, 1.82) is 0 Å². The first-order valence-electron chi connectivity index (χ1n) is 21.7. The van der Waals surface area contributed by atoms with Crippen LogP contribution in [-0.2, 0) is 33.9 Å². The number of Topliss-reactive ketones (excluding diaryl/α,β-unsaturated/α-hetero) is 1. The lowest BCUT2D eigenvalue weighted by atomic mass is 9.82. The maximum absolute atomic E-state index is 15.0. The van der Waals surface area contributed by atoms with Gasteiger partial charge in [-0.25, -0.2) is 13.4 Å². The van der Waals surface area contributed by atoms with Crippen molar-refractivity contribution in [1.82, 2.24) is 14.6 Å². The van der Waals surface area contributed by atoms with Gasteiger partial charge in [0, 0.05) is 32.6 Å². The van der Waals surface area contributed by atoms with E-state index in [0.717, 1.165) is 12.3 Å². The van der Waals surface area contributed by atoms with Crippen LogP contribution in [0.1, 0.15) is 107 Å². The molecule has 2 saturated carbocycles. The van der Waals surface area contributed by atoms with E-state index in [1.807, 2.05) is 19.1 Å². The number of fused-ring (bicyclic) bond motifs is 3. The molecular formula is C41H55N3O9S. The molecule has 3 heterocycles. The molecule has 12 nitrogen and oxygen atoms in total. The highest BCUT2D eigenvalue weighted by atomic mass is 32.2. The summed E-state index contributed by atoms with van der Waals surface area (Å²) in [5.74, 6) is -4.36. The molecule has 2 aliphatic carbocycles. The van der Waals surface area contributed by atoms with Crippen LogP contribution in [-0.4, -0.2) is 78.0 Å². The van der Waals surface area contributed by atoms with Gasteiger partial charge < -0.3 is 19.1 Å². The number of rotatable bonds is 8. The molecule has 2 aromatic rings. The van der Waals surface area contributed by atoms with Gasteiger partial charge in [0.2, 0.25) is 27.7 Å². The zero-order chi connectivity index (χ0) is 44.2. The maximum Gasteiger partial charge on any atom is 0.307 e. The molecule has 54 heavy (non-hydrogen) atoms. The number of aromatic nitrogens is 1. The summed E-state index contributed by atoms with van der Waals surface area (Å²) in [4.78, 5) is 63.2. The molecule has 2 amide bonds. The Kier molecular flexibility index (Phi) is 8.91. The standard InChI is InChI=1S/C41H55N3O9S/c1-25-10-8-9-11-28-22-41(28,38(48)43-54(49,50)40(6)15-16-40)23-34(45)33-20-30(52-36-31-13-12-29(51-7)19-27(31)14-17-42-36)24-44(33)37(47)32(26(2)18-25)21-35(46)53-39(3,4)5/h9,11-14,17,19,25-26,28,30,32-33H,8,10,15-16,18,20-24H2,1-7H3,(H,43,48)/b11-9-/t25-,26+,28+,30+,32-,33?,41+/m0/s1/i3D3,4D3. The van der Waals surface area contributed by atoms with Gasteiger partial charge in [-0.3, -0.25) is 23.9 Å². The van der Waals surface area contributed by atoms with Gasteiger partial charge in [0.15, 0.2) is 5.78 Å². The Morgan fingerprint density at radius 3 is 2.61 bits per heavy atom. The number of pyridine rings is 1. The molecule has 294 valence electrons. The zero-order valence-electron chi connectivity index (χ0n) is 37.6. The number of ketones is 1. The number of sulfonamides is 1. The van der Waals surface area contributed by atoms with Gasteiger partial charge in [-0.2, -0.15) is 0 Å². The van der Waals surface area contributed by atoms with Crippen molar-refractivity contribution in [3.8, 4) is 11.6 Å². The molecule has 0 spiro atoms. The summed E-state index contributed by atoms with van der Waals surface area (Å²) in [6.07, 6.45) is 6.20. The van der Waals surface area contributed by atoms with Crippen LogP contribution in [0.15, 0.2) is 42.6 Å². The highest BCUT2D eigenvalue weighted by Crippen LogP contribution is 2.57. The number of esters is 1. The second-order valence-corrected chi connectivity index (χ2v) is 18.5. The van der Waals surface area contributed by atoms with Crippen molar-refractivity contribution in [2.45, 2.75) is 122 Å². The molecule has 0 radical (unpaired) electrons. The number of hydrogen-bond donors (Lipinski definition) is 1. The van der Waals surface area contributed by atoms with Crippen molar-refractivity contribution in [3.63, 3.8) is 0 Å². The molecule has 4 aliphatic rings. The van der Waals surface area contributed by atoms with E-state index in [1.54, 1.807) is 51.4 Å². The molecule has 1 aromatic carbocycles. The minimum atomic E-state index is -4.03. The Hall–Kier alpha value is -4.00. The predicted octanol–water partition coefficient (Wildman–Crippen LogP) is 5.92. The van der Waals surface area contributed by atoms with Crippen molar-refractivity contribution in [2.24, 2.45) is 29.1 Å². The summed E-state index contributed by atoms with van der Waals surface area (Å²) in [7, 11) is -2.49. The van der Waals surface area contributed by atoms with Crippen LogP contribution in [0.4, 0.5) is 0 Å². The fourth-order valence-corrected chi connectivity index (χ4v) is 9.37. The van der Waals surface area contributed by atoms with E-state index in [9.17, 15) is 22.8 Å². The molecule has 13 heteroatoms. The van der Waals surface area contributed by atoms with E-state index in [2.05, 4.69) is 9.71 Å². The first-order chi connectivity index (χ1) is 27.8. The van der Waals surface area contributed by atoms with E-state index in [4.69, 9.17) is 22.4 Å². The normalized spacial score (nSPS) is 32.7. The molecule has 1 aromatic heterocycles. The summed E-state index contributed by atoms with van der Waals surface area (Å²) in [5, 5.41) is 1.40. The van der Waals surface area contributed by atoms with Crippen molar-refractivity contribution in [3.05, 3.63) is 42.6 Å². The number of ether oxygens (including phenoxy) is 3. The lowest BCUT2D eigenvalue weighted by Crippen LogP contribution is -2.48. The van der Waals surface area contributed by atoms with Crippen LogP contribution in [0.2, 0.25) is 0 Å². The van der Waals surface area contributed by atoms with Crippen molar-refractivity contribution < 1.29 is 50.0 Å². The van der Waals surface area contributed by atoms with Gasteiger partial charge in [0.1, 0.15) is 17.5 Å². The summed E-state index contributed by atoms with van der Waals surface area (Å²) in [6.45, 7) is -0.444. The van der Waals surface area contributed by atoms with Crippen LogP contribution >= 0.6 is 0 Å². The Morgan fingerprint density at radius 2 is 1.91 bits per heavy atom. The minimum Gasteiger partial charge on any atom is -0.497 e. The number of carbonyl (C=O) groups is 4. The average Bonchev–Trinajstić information content (AvgIpc) is 4.04. The molecule has 7 atom stereocenters. The number of benzene rings is 1. The third-order valence-electron chi connectivity index (χ3n) is 11.7. The number of nitrogens with one attached hydrogen (secondary N) is 1. The van der Waals surface area contributed by atoms with Gasteiger partial charge in [-0.1, -0.05) is 26.0 Å². The van der Waals surface area contributed by atoms with Gasteiger partial charge in [0.05, 0.1) is 42.2 Å². The van der Waals surface area contributed by atoms with E-state index < -0.39 is 99.4 Å². The van der Waals surface area contributed by atoms with Crippen LogP contribution in [0.3, 0.4) is 0 Å². The van der Waals surface area contributed by atoms with Crippen LogP contribution in [0, 0.1) is 29.1 Å². The average molecular weight is 772 g/mol. The first-order valence-corrected chi connectivity index (χ1v) is 20.2. The summed E-state index contributed by atoms with van der Waals surface area (Å²) in [6, 6.07) is 5.93. The number of methoxy groups -OCH3 is 1. The SMILES string of the molecule is [2H]C([2H])([2H])C(C)(OC(=O)C[C@@H]1C(=O)N2C[C@H](Oc3nccc4cc(OC)ccc34)CC2C(=O)C[C@]2(C(=O)NS(=O)(=O)C3(C)CC3)C[C@H]2/C=C\CC[C@H](C)C[C@H]1C)C([2H])([2H])[2H]. The summed E-state index contributed by atoms with van der Waals surface area (Å²) < 4.78 is 92.3. The second kappa shape index (κ2) is 14.9. The molecule has 1 unspecified atom stereocenters. The lowest BCUT2D eigenvalue weighted by Gasteiger charge is -2.32. The molecule has 1 N–H and O–H groups in total. The van der Waals surface area contributed by atoms with Crippen LogP contribution in [0.25, 0.3) is 10.8 Å². The highest BCUT2D eigenvalue weighted by Gasteiger charge is 2.62. The second-order valence-electron chi connectivity index (χ2n) is 16.3. The largest absolute Gasteiger partial charge is 0.497 e. The number of amides is 2. The summed E-state index contributed by atoms with van der Waals surface area (Å²) >= 11 is 0. The Balaban J connectivity index is 1.36. The van der Waals surface area contributed by atoms with E-state index >= 15 is 4.79 Å². The molecule has 3 fully saturated rings. The van der Waals surface area contributed by atoms with Crippen LogP contribution in [0.5, 0.6) is 11.6 Å². The summed E-state index contributed by atoms with van der Waals surface area (Å²) in [5.41, 5.74) is -4.25. The molecule has 1 saturated heterocycles. The number of allylic oxidation sites excluding steroid dienone is 2. The van der Waals surface area contributed by atoms with Crippen LogP contribution < -0.4 is 14.2 Å². The minimum absolute atomic E-state index is 0.0101. The van der Waals surface area contributed by atoms with Gasteiger partial charge in [-0.15, -0.1) is 0 Å². The van der Waals surface area contributed by atoms with E-state index in [-0.39, 0.29) is 37.6 Å². The molecule has 0 bridgehead atoms. The van der Waals surface area contributed by atoms with Crippen molar-refractivity contribution in [2.75, 3.05) is 13.7 Å². The fraction of sp³-hybridized carbons (Fsp3) is 0.634. The third-order valence-corrected chi connectivity index (χ3v) is 13.9. The Morgan fingerprint density at radius 1 is 1.15 bits per heavy atom. The molecular weight excluding hydrogens is 711 g/mol. The predicted molar refractivity (Wildman–Crippen MR) is 203 cm³/mol. The quantitative estimate of drug-likeness (QED) is 0.253.